The van der Waals surface area contributed by atoms with Crippen molar-refractivity contribution in [2.45, 2.75) is 19.3 Å². The van der Waals surface area contributed by atoms with Crippen LogP contribution in [0.2, 0.25) is 5.02 Å². The number of rotatable bonds is 6. The summed E-state index contributed by atoms with van der Waals surface area (Å²) in [6.07, 6.45) is 9.33. The van der Waals surface area contributed by atoms with Gasteiger partial charge in [-0.15, -0.1) is 5.10 Å². The van der Waals surface area contributed by atoms with Crippen molar-refractivity contribution in [2.24, 2.45) is 5.92 Å². The van der Waals surface area contributed by atoms with Crippen LogP contribution < -0.4 is 0 Å². The van der Waals surface area contributed by atoms with E-state index >= 15 is 0 Å². The normalized spacial score (nSPS) is 14.9. The predicted octanol–water partition coefficient (Wildman–Crippen LogP) is 6.61. The van der Waals surface area contributed by atoms with Crippen LogP contribution in [0.4, 0.5) is 4.39 Å². The average Bonchev–Trinajstić information content (AvgIpc) is 3.17. The molecular weight excluding hydrogens is 453 g/mol. The summed E-state index contributed by atoms with van der Waals surface area (Å²) < 4.78 is 14.4. The Morgan fingerprint density at radius 2 is 1.82 bits per heavy atom. The number of nitrogens with zero attached hydrogens (tertiary/aromatic N) is 2. The first-order chi connectivity index (χ1) is 16.5. The van der Waals surface area contributed by atoms with Gasteiger partial charge >= 0.3 is 5.97 Å². The Labute approximate surface area is 200 Å². The second kappa shape index (κ2) is 9.23. The minimum Gasteiger partial charge on any atom is -0.478 e. The number of halogens is 2. The lowest BCUT2D eigenvalue weighted by atomic mass is 9.73. The molecule has 2 heterocycles. The summed E-state index contributed by atoms with van der Waals surface area (Å²) in [5, 5.41) is 16.3. The molecule has 0 atom stereocenters. The van der Waals surface area contributed by atoms with Crippen molar-refractivity contribution in [2.75, 3.05) is 0 Å². The lowest BCUT2D eigenvalue weighted by Gasteiger charge is -2.31. The Bertz CT molecular complexity index is 1440. The number of aromatic amines is 1. The molecule has 0 unspecified atom stereocenters. The van der Waals surface area contributed by atoms with Crippen molar-refractivity contribution < 1.29 is 14.3 Å². The highest BCUT2D eigenvalue weighted by Gasteiger charge is 2.28. The molecule has 1 aliphatic carbocycles. The number of pyridine rings is 1. The average molecular weight is 474 g/mol. The molecule has 4 aromatic rings. The second-order valence-corrected chi connectivity index (χ2v) is 8.81. The van der Waals surface area contributed by atoms with Crippen molar-refractivity contribution in [3.8, 4) is 0 Å². The summed E-state index contributed by atoms with van der Waals surface area (Å²) >= 11 is 6.31. The number of hydrogen-bond acceptors (Lipinski definition) is 3. The van der Waals surface area contributed by atoms with E-state index < -0.39 is 11.9 Å². The van der Waals surface area contributed by atoms with Crippen LogP contribution in [-0.2, 0) is 4.79 Å². The quantitative estimate of drug-likeness (QED) is 0.309. The number of hydrogen-bond donors (Lipinski definition) is 2. The SMILES string of the molecule is O=C(O)C=Cc1ccc(C(=C(c2cncc(Cl)c2)C2CCC2)c2ccc3[nH]nc(F)c3c2)cc1. The zero-order valence-corrected chi connectivity index (χ0v) is 18.9. The Morgan fingerprint density at radius 1 is 1.06 bits per heavy atom. The fourth-order valence-corrected chi connectivity index (χ4v) is 4.56. The number of carboxylic acids is 1. The summed E-state index contributed by atoms with van der Waals surface area (Å²) in [5.41, 5.74) is 6.25. The van der Waals surface area contributed by atoms with Gasteiger partial charge in [-0.2, -0.15) is 4.39 Å². The molecule has 0 saturated heterocycles. The monoisotopic (exact) mass is 473 g/mol. The highest BCUT2D eigenvalue weighted by molar-refractivity contribution is 6.30. The zero-order chi connectivity index (χ0) is 23.7. The number of fused-ring (bicyclic) bond motifs is 1. The molecule has 34 heavy (non-hydrogen) atoms. The van der Waals surface area contributed by atoms with Gasteiger partial charge < -0.3 is 5.11 Å². The lowest BCUT2D eigenvalue weighted by Crippen LogP contribution is -2.15. The molecule has 0 bridgehead atoms. The Morgan fingerprint density at radius 3 is 2.50 bits per heavy atom. The van der Waals surface area contributed by atoms with Crippen molar-refractivity contribution >= 4 is 45.7 Å². The molecule has 5 nitrogen and oxygen atoms in total. The summed E-state index contributed by atoms with van der Waals surface area (Å²) in [5.74, 6) is -1.22. The minimum atomic E-state index is -0.999. The Kier molecular flexibility index (Phi) is 5.99. The standard InChI is InChI=1S/C27H21ClFN3O2/c28-21-12-20(14-30-15-21)26(17-2-1-3-17)25(18-7-4-16(5-8-18)6-11-24(33)34)19-9-10-23-22(13-19)27(29)32-31-23/h4-15,17H,1-3H2,(H,31,32)(H,33,34). The zero-order valence-electron chi connectivity index (χ0n) is 18.1. The van der Waals surface area contributed by atoms with Crippen LogP contribution in [-0.4, -0.2) is 26.3 Å². The molecule has 2 N–H and O–H groups in total. The maximum absolute atomic E-state index is 14.4. The van der Waals surface area contributed by atoms with E-state index in [1.54, 1.807) is 12.3 Å². The molecular formula is C27H21ClFN3O2. The fourth-order valence-electron chi connectivity index (χ4n) is 4.38. The molecule has 2 aromatic heterocycles. The highest BCUT2D eigenvalue weighted by atomic mass is 35.5. The number of carbonyl (C=O) groups is 1. The van der Waals surface area contributed by atoms with E-state index in [4.69, 9.17) is 16.7 Å². The van der Waals surface area contributed by atoms with E-state index in [2.05, 4.69) is 15.2 Å². The van der Waals surface area contributed by atoms with E-state index in [0.29, 0.717) is 21.8 Å². The van der Waals surface area contributed by atoms with E-state index in [9.17, 15) is 9.18 Å². The molecule has 0 spiro atoms. The second-order valence-electron chi connectivity index (χ2n) is 8.38. The van der Waals surface area contributed by atoms with E-state index in [-0.39, 0.29) is 0 Å². The number of aliphatic carboxylic acids is 1. The fraction of sp³-hybridized carbons (Fsp3) is 0.148. The van der Waals surface area contributed by atoms with Gasteiger partial charge in [-0.05, 0) is 76.4 Å². The van der Waals surface area contributed by atoms with Crippen molar-refractivity contribution in [3.63, 3.8) is 0 Å². The van der Waals surface area contributed by atoms with E-state index in [0.717, 1.165) is 58.7 Å². The van der Waals surface area contributed by atoms with Crippen LogP contribution in [0.25, 0.3) is 28.1 Å². The van der Waals surface area contributed by atoms with E-state index in [1.807, 2.05) is 54.7 Å². The Balaban J connectivity index is 1.74. The first-order valence-electron chi connectivity index (χ1n) is 11.0. The van der Waals surface area contributed by atoms with Gasteiger partial charge in [-0.3, -0.25) is 10.1 Å². The van der Waals surface area contributed by atoms with Gasteiger partial charge in [0.1, 0.15) is 0 Å². The summed E-state index contributed by atoms with van der Waals surface area (Å²) in [6, 6.07) is 15.2. The molecule has 5 rings (SSSR count). The number of carboxylic acid groups (broad SMARTS) is 1. The number of allylic oxidation sites excluding steroid dienone is 1. The van der Waals surface area contributed by atoms with Gasteiger partial charge in [-0.25, -0.2) is 4.79 Å². The third-order valence-corrected chi connectivity index (χ3v) is 6.43. The third-order valence-electron chi connectivity index (χ3n) is 6.22. The van der Waals surface area contributed by atoms with Gasteiger partial charge in [0.15, 0.2) is 0 Å². The minimum absolute atomic E-state index is 0.326. The summed E-state index contributed by atoms with van der Waals surface area (Å²) in [4.78, 5) is 15.2. The van der Waals surface area contributed by atoms with Crippen molar-refractivity contribution in [1.82, 2.24) is 15.2 Å². The maximum Gasteiger partial charge on any atom is 0.328 e. The smallest absolute Gasteiger partial charge is 0.328 e. The van der Waals surface area contributed by atoms with Gasteiger partial charge in [0.25, 0.3) is 0 Å². The molecule has 7 heteroatoms. The number of nitrogens with one attached hydrogen (secondary N) is 1. The number of H-pyrrole nitrogens is 1. The first-order valence-corrected chi connectivity index (χ1v) is 11.4. The molecule has 1 aliphatic rings. The molecule has 2 aromatic carbocycles. The Hall–Kier alpha value is -3.77. The molecule has 1 fully saturated rings. The summed E-state index contributed by atoms with van der Waals surface area (Å²) in [6.45, 7) is 0. The maximum atomic E-state index is 14.4. The molecule has 0 radical (unpaired) electrons. The van der Waals surface area contributed by atoms with Crippen LogP contribution in [0.15, 0.2) is 67.0 Å². The number of aromatic nitrogens is 3. The summed E-state index contributed by atoms with van der Waals surface area (Å²) in [7, 11) is 0. The third kappa shape index (κ3) is 4.37. The largest absolute Gasteiger partial charge is 0.478 e. The van der Waals surface area contributed by atoms with Gasteiger partial charge in [0, 0.05) is 18.5 Å². The topological polar surface area (TPSA) is 78.9 Å². The van der Waals surface area contributed by atoms with Crippen LogP contribution in [0.1, 0.15) is 41.5 Å². The molecule has 0 amide bonds. The predicted molar refractivity (Wildman–Crippen MR) is 132 cm³/mol. The molecule has 0 aliphatic heterocycles. The highest BCUT2D eigenvalue weighted by Crippen LogP contribution is 2.45. The van der Waals surface area contributed by atoms with Gasteiger partial charge in [0.05, 0.1) is 15.9 Å². The van der Waals surface area contributed by atoms with Crippen LogP contribution >= 0.6 is 11.6 Å². The van der Waals surface area contributed by atoms with Crippen molar-refractivity contribution in [3.05, 3.63) is 100 Å². The van der Waals surface area contributed by atoms with Gasteiger partial charge in [0.2, 0.25) is 5.95 Å². The van der Waals surface area contributed by atoms with Crippen LogP contribution in [0, 0.1) is 11.9 Å². The number of benzene rings is 2. The van der Waals surface area contributed by atoms with E-state index in [1.165, 1.54) is 0 Å². The van der Waals surface area contributed by atoms with Crippen LogP contribution in [0.3, 0.4) is 0 Å². The van der Waals surface area contributed by atoms with Crippen molar-refractivity contribution in [1.29, 1.82) is 0 Å². The van der Waals surface area contributed by atoms with Gasteiger partial charge in [-0.1, -0.05) is 48.4 Å². The molecule has 170 valence electrons. The lowest BCUT2D eigenvalue weighted by molar-refractivity contribution is -0.131. The molecule has 1 saturated carbocycles. The first kappa shape index (κ1) is 22.0. The van der Waals surface area contributed by atoms with Crippen LogP contribution in [0.5, 0.6) is 0 Å².